The van der Waals surface area contributed by atoms with Crippen molar-refractivity contribution in [1.29, 1.82) is 0 Å². The van der Waals surface area contributed by atoms with Crippen LogP contribution in [0, 0.1) is 24.7 Å². The first-order valence-corrected chi connectivity index (χ1v) is 17.3. The number of carbonyl (C=O) groups excluding carboxylic acids is 3. The average Bonchev–Trinajstić information content (AvgIpc) is 3.68. The number of nitrogens with zero attached hydrogens (tertiary/aromatic N) is 4. The van der Waals surface area contributed by atoms with Crippen molar-refractivity contribution in [3.8, 4) is 22.5 Å². The summed E-state index contributed by atoms with van der Waals surface area (Å²) in [7, 11) is 0. The molecule has 6 rings (SSSR count). The molecular formula is C37H45N9O3. The Labute approximate surface area is 286 Å². The summed E-state index contributed by atoms with van der Waals surface area (Å²) in [6.45, 7) is 4.44. The highest BCUT2D eigenvalue weighted by atomic mass is 16.2. The smallest absolute Gasteiger partial charge is 0.270 e. The Morgan fingerprint density at radius 1 is 0.939 bits per heavy atom. The molecular weight excluding hydrogens is 618 g/mol. The van der Waals surface area contributed by atoms with E-state index in [1.54, 1.807) is 18.3 Å². The van der Waals surface area contributed by atoms with Gasteiger partial charge in [-0.15, -0.1) is 10.2 Å². The number of aromatic nitrogens is 5. The first-order valence-electron chi connectivity index (χ1n) is 17.3. The summed E-state index contributed by atoms with van der Waals surface area (Å²) in [5.74, 6) is 0.173. The first kappa shape index (κ1) is 34.1. The van der Waals surface area contributed by atoms with E-state index >= 15 is 0 Å². The van der Waals surface area contributed by atoms with Crippen molar-refractivity contribution in [2.45, 2.75) is 64.3 Å². The van der Waals surface area contributed by atoms with E-state index in [2.05, 4.69) is 41.6 Å². The highest BCUT2D eigenvalue weighted by molar-refractivity contribution is 5.96. The van der Waals surface area contributed by atoms with Crippen LogP contribution in [0.25, 0.3) is 22.5 Å². The molecule has 2 aliphatic rings. The van der Waals surface area contributed by atoms with Gasteiger partial charge in [0, 0.05) is 47.3 Å². The maximum atomic E-state index is 13.7. The number of amides is 2. The number of hydrogen-bond donors (Lipinski definition) is 5. The van der Waals surface area contributed by atoms with Gasteiger partial charge in [0.2, 0.25) is 11.7 Å². The number of ketones is 1. The molecule has 1 aliphatic carbocycles. The molecule has 1 saturated heterocycles. The lowest BCUT2D eigenvalue weighted by molar-refractivity contribution is -0.129. The number of pyridine rings is 1. The quantitative estimate of drug-likeness (QED) is 0.148. The minimum absolute atomic E-state index is 0.0325. The Balaban J connectivity index is 1.14. The van der Waals surface area contributed by atoms with Crippen LogP contribution in [-0.4, -0.2) is 68.9 Å². The topological polar surface area (TPSA) is 181 Å². The van der Waals surface area contributed by atoms with Crippen molar-refractivity contribution in [3.63, 3.8) is 0 Å². The summed E-state index contributed by atoms with van der Waals surface area (Å²) in [6, 6.07) is 17.3. The Hall–Kier alpha value is -4.81. The molecule has 1 saturated carbocycles. The van der Waals surface area contributed by atoms with Crippen LogP contribution in [0.15, 0.2) is 60.8 Å². The molecule has 2 aromatic heterocycles. The number of nitrogens with one attached hydrogen (secondary N) is 4. The minimum atomic E-state index is -0.538. The van der Waals surface area contributed by atoms with E-state index in [9.17, 15) is 14.4 Å². The molecule has 2 amide bonds. The lowest BCUT2D eigenvalue weighted by Gasteiger charge is -2.27. The molecule has 256 valence electrons. The molecule has 6 N–H and O–H groups in total. The van der Waals surface area contributed by atoms with Gasteiger partial charge in [0.05, 0.1) is 0 Å². The number of H-pyrrole nitrogens is 1. The van der Waals surface area contributed by atoms with E-state index in [0.717, 1.165) is 79.4 Å². The summed E-state index contributed by atoms with van der Waals surface area (Å²) in [5, 5.41) is 23.5. The molecule has 4 aromatic rings. The second-order valence-electron chi connectivity index (χ2n) is 13.4. The third-order valence-corrected chi connectivity index (χ3v) is 9.97. The monoisotopic (exact) mass is 663 g/mol. The van der Waals surface area contributed by atoms with Gasteiger partial charge in [-0.2, -0.15) is 5.21 Å². The molecule has 3 heterocycles. The van der Waals surface area contributed by atoms with Crippen molar-refractivity contribution in [1.82, 2.24) is 36.2 Å². The van der Waals surface area contributed by atoms with Gasteiger partial charge in [0.1, 0.15) is 11.5 Å². The average molecular weight is 664 g/mol. The summed E-state index contributed by atoms with van der Waals surface area (Å²) in [4.78, 5) is 44.6. The van der Waals surface area contributed by atoms with Crippen LogP contribution < -0.4 is 21.7 Å². The van der Waals surface area contributed by atoms with Gasteiger partial charge in [-0.3, -0.25) is 19.4 Å². The maximum Gasteiger partial charge on any atom is 0.270 e. The Kier molecular flexibility index (Phi) is 11.2. The van der Waals surface area contributed by atoms with E-state index in [-0.39, 0.29) is 36.0 Å². The van der Waals surface area contributed by atoms with Crippen LogP contribution in [0.4, 0.5) is 5.69 Å². The Morgan fingerprint density at radius 2 is 1.65 bits per heavy atom. The molecule has 0 spiro atoms. The largest absolute Gasteiger partial charge is 0.348 e. The van der Waals surface area contributed by atoms with Crippen LogP contribution in [0.1, 0.15) is 66.6 Å². The second-order valence-corrected chi connectivity index (χ2v) is 13.4. The SMILES string of the molecule is Cc1cc(C(=O)NC2CCNCC2)ncc1-c1ccc(C[C@H](CC(=O)C2CCC(CN)CC2)C(=O)Nc2ccc(-c3nn[nH]n3)cc2)cc1. The van der Waals surface area contributed by atoms with Crippen LogP contribution in [0.3, 0.4) is 0 Å². The number of hydrogen-bond acceptors (Lipinski definition) is 9. The summed E-state index contributed by atoms with van der Waals surface area (Å²) in [5.41, 5.74) is 11.5. The maximum absolute atomic E-state index is 13.7. The number of carbonyl (C=O) groups is 3. The van der Waals surface area contributed by atoms with Crippen LogP contribution in [-0.2, 0) is 16.0 Å². The van der Waals surface area contributed by atoms with Crippen molar-refractivity contribution < 1.29 is 14.4 Å². The van der Waals surface area contributed by atoms with E-state index in [1.807, 2.05) is 49.4 Å². The molecule has 49 heavy (non-hydrogen) atoms. The zero-order chi connectivity index (χ0) is 34.2. The number of piperidine rings is 1. The Morgan fingerprint density at radius 3 is 2.31 bits per heavy atom. The van der Waals surface area contributed by atoms with Crippen molar-refractivity contribution >= 4 is 23.3 Å². The molecule has 1 atom stereocenters. The predicted octanol–water partition coefficient (Wildman–Crippen LogP) is 4.24. The molecule has 0 bridgehead atoms. The number of tetrazole rings is 1. The fourth-order valence-corrected chi connectivity index (χ4v) is 6.93. The van der Waals surface area contributed by atoms with Gasteiger partial charge >= 0.3 is 0 Å². The van der Waals surface area contributed by atoms with Gasteiger partial charge in [-0.05, 0) is 130 Å². The van der Waals surface area contributed by atoms with Crippen molar-refractivity contribution in [3.05, 3.63) is 77.6 Å². The molecule has 2 aromatic carbocycles. The van der Waals surface area contributed by atoms with E-state index in [4.69, 9.17) is 5.73 Å². The number of benzene rings is 2. The fraction of sp³-hybridized carbons (Fsp3) is 0.432. The molecule has 0 unspecified atom stereocenters. The zero-order valence-electron chi connectivity index (χ0n) is 28.0. The van der Waals surface area contributed by atoms with E-state index in [1.165, 1.54) is 0 Å². The normalized spacial score (nSPS) is 18.8. The van der Waals surface area contributed by atoms with Gasteiger partial charge < -0.3 is 21.7 Å². The zero-order valence-corrected chi connectivity index (χ0v) is 28.0. The van der Waals surface area contributed by atoms with Gasteiger partial charge in [-0.1, -0.05) is 24.3 Å². The van der Waals surface area contributed by atoms with Crippen LogP contribution in [0.5, 0.6) is 0 Å². The highest BCUT2D eigenvalue weighted by Crippen LogP contribution is 2.31. The lowest BCUT2D eigenvalue weighted by atomic mass is 9.77. The molecule has 12 nitrogen and oxygen atoms in total. The van der Waals surface area contributed by atoms with Crippen molar-refractivity contribution in [2.24, 2.45) is 23.5 Å². The Bertz CT molecular complexity index is 1710. The van der Waals surface area contributed by atoms with Crippen LogP contribution in [0.2, 0.25) is 0 Å². The number of Topliss-reactive ketones (excluding diaryl/α,β-unsaturated/α-hetero) is 1. The number of nitrogens with two attached hydrogens (primary N) is 1. The summed E-state index contributed by atoms with van der Waals surface area (Å²) < 4.78 is 0. The lowest BCUT2D eigenvalue weighted by Crippen LogP contribution is -2.42. The standard InChI is InChI=1S/C37H45N9O3/c1-23-18-33(37(49)42-31-14-16-39-17-15-31)40-22-32(23)26-6-2-24(3-7-26)19-29(20-34(47)27-8-4-25(21-38)5-9-27)36(48)41-30-12-10-28(11-13-30)35-43-45-46-44-35/h2-3,6-7,10-13,18,22,25,27,29,31,39H,4-5,8-9,14-17,19-21,38H2,1H3,(H,41,48)(H,42,49)(H,43,44,45,46)/t25?,27?,29-/m1/s1. The molecule has 2 fully saturated rings. The third-order valence-electron chi connectivity index (χ3n) is 9.97. The van der Waals surface area contributed by atoms with Gasteiger partial charge in [0.25, 0.3) is 5.91 Å². The van der Waals surface area contributed by atoms with Gasteiger partial charge in [0.15, 0.2) is 0 Å². The second kappa shape index (κ2) is 16.1. The van der Waals surface area contributed by atoms with Crippen LogP contribution >= 0.6 is 0 Å². The molecule has 1 aliphatic heterocycles. The molecule has 0 radical (unpaired) electrons. The van der Waals surface area contributed by atoms with E-state index < -0.39 is 5.92 Å². The first-order chi connectivity index (χ1) is 23.9. The van der Waals surface area contributed by atoms with Gasteiger partial charge in [-0.25, -0.2) is 0 Å². The van der Waals surface area contributed by atoms with E-state index in [0.29, 0.717) is 36.1 Å². The third kappa shape index (κ3) is 8.81. The number of rotatable bonds is 12. The summed E-state index contributed by atoms with van der Waals surface area (Å²) in [6.07, 6.45) is 7.74. The molecule has 12 heteroatoms. The number of aromatic amines is 1. The predicted molar refractivity (Wildman–Crippen MR) is 187 cm³/mol. The van der Waals surface area contributed by atoms with Crippen molar-refractivity contribution in [2.75, 3.05) is 25.0 Å². The minimum Gasteiger partial charge on any atom is -0.348 e. The summed E-state index contributed by atoms with van der Waals surface area (Å²) >= 11 is 0. The highest BCUT2D eigenvalue weighted by Gasteiger charge is 2.30. The number of anilines is 1. The fourth-order valence-electron chi connectivity index (χ4n) is 6.93. The number of aryl methyl sites for hydroxylation is 1.